The molecule has 7 heteroatoms. The van der Waals surface area contributed by atoms with Crippen molar-refractivity contribution in [2.24, 2.45) is 0 Å². The monoisotopic (exact) mass is 360 g/mol. The van der Waals surface area contributed by atoms with Gasteiger partial charge in [0.1, 0.15) is 0 Å². The predicted molar refractivity (Wildman–Crippen MR) is 96.5 cm³/mol. The fourth-order valence-corrected chi connectivity index (χ4v) is 3.86. The second-order valence-electron chi connectivity index (χ2n) is 6.39. The SMILES string of the molecule is CN(C)c1ccc(-c2cc(C(=O)O)cc(S(=O)(=O)NC3CC3)c2)cc1. The molecule has 0 amide bonds. The summed E-state index contributed by atoms with van der Waals surface area (Å²) in [6.45, 7) is 0. The maximum atomic E-state index is 12.5. The van der Waals surface area contributed by atoms with Crippen LogP contribution in [0.2, 0.25) is 0 Å². The summed E-state index contributed by atoms with van der Waals surface area (Å²) in [6, 6.07) is 11.7. The van der Waals surface area contributed by atoms with E-state index < -0.39 is 16.0 Å². The minimum Gasteiger partial charge on any atom is -0.478 e. The van der Waals surface area contributed by atoms with Crippen LogP contribution >= 0.6 is 0 Å². The topological polar surface area (TPSA) is 86.7 Å². The average molecular weight is 360 g/mol. The summed E-state index contributed by atoms with van der Waals surface area (Å²) in [7, 11) is 0.123. The highest BCUT2D eigenvalue weighted by Crippen LogP contribution is 2.28. The normalized spacial score (nSPS) is 14.3. The van der Waals surface area contributed by atoms with E-state index in [1.807, 2.05) is 43.3 Å². The second kappa shape index (κ2) is 6.50. The van der Waals surface area contributed by atoms with E-state index in [1.54, 1.807) is 0 Å². The molecule has 0 radical (unpaired) electrons. The van der Waals surface area contributed by atoms with Gasteiger partial charge in [0.15, 0.2) is 0 Å². The maximum Gasteiger partial charge on any atom is 0.335 e. The van der Waals surface area contributed by atoms with Gasteiger partial charge in [0.05, 0.1) is 10.5 Å². The first-order chi connectivity index (χ1) is 11.8. The van der Waals surface area contributed by atoms with Gasteiger partial charge in [-0.15, -0.1) is 0 Å². The van der Waals surface area contributed by atoms with Crippen molar-refractivity contribution in [1.82, 2.24) is 4.72 Å². The van der Waals surface area contributed by atoms with Crippen LogP contribution < -0.4 is 9.62 Å². The molecule has 0 heterocycles. The molecule has 0 spiro atoms. The van der Waals surface area contributed by atoms with Gasteiger partial charge in [0.25, 0.3) is 0 Å². The van der Waals surface area contributed by atoms with Crippen LogP contribution in [0.1, 0.15) is 23.2 Å². The Bertz CT molecular complexity index is 901. The van der Waals surface area contributed by atoms with Crippen molar-refractivity contribution in [2.75, 3.05) is 19.0 Å². The average Bonchev–Trinajstić information content (AvgIpc) is 3.37. The van der Waals surface area contributed by atoms with Crippen LogP contribution in [-0.4, -0.2) is 39.6 Å². The Morgan fingerprint density at radius 1 is 1.08 bits per heavy atom. The quantitative estimate of drug-likeness (QED) is 0.827. The number of benzene rings is 2. The molecule has 132 valence electrons. The molecular weight excluding hydrogens is 340 g/mol. The fourth-order valence-electron chi connectivity index (χ4n) is 2.49. The van der Waals surface area contributed by atoms with Gasteiger partial charge in [0.2, 0.25) is 10.0 Å². The third-order valence-corrected chi connectivity index (χ3v) is 5.58. The summed E-state index contributed by atoms with van der Waals surface area (Å²) < 4.78 is 27.5. The lowest BCUT2D eigenvalue weighted by Crippen LogP contribution is -2.26. The first kappa shape index (κ1) is 17.4. The number of carboxylic acids is 1. The van der Waals surface area contributed by atoms with Crippen molar-refractivity contribution >= 4 is 21.7 Å². The van der Waals surface area contributed by atoms with Crippen molar-refractivity contribution < 1.29 is 18.3 Å². The van der Waals surface area contributed by atoms with Crippen LogP contribution in [0.3, 0.4) is 0 Å². The molecule has 2 aromatic carbocycles. The van der Waals surface area contributed by atoms with Gasteiger partial charge in [-0.25, -0.2) is 17.9 Å². The summed E-state index contributed by atoms with van der Waals surface area (Å²) in [5.41, 5.74) is 2.27. The van der Waals surface area contributed by atoms with Crippen molar-refractivity contribution in [3.63, 3.8) is 0 Å². The van der Waals surface area contributed by atoms with E-state index in [1.165, 1.54) is 18.2 Å². The molecule has 3 rings (SSSR count). The van der Waals surface area contributed by atoms with E-state index in [4.69, 9.17) is 0 Å². The second-order valence-corrected chi connectivity index (χ2v) is 8.10. The highest BCUT2D eigenvalue weighted by molar-refractivity contribution is 7.89. The van der Waals surface area contributed by atoms with Crippen LogP contribution in [-0.2, 0) is 10.0 Å². The lowest BCUT2D eigenvalue weighted by molar-refractivity contribution is 0.0696. The first-order valence-electron chi connectivity index (χ1n) is 7.95. The Labute approximate surface area is 147 Å². The Morgan fingerprint density at radius 2 is 1.72 bits per heavy atom. The Balaban J connectivity index is 2.05. The summed E-state index contributed by atoms with van der Waals surface area (Å²) in [5, 5.41) is 9.34. The predicted octanol–water partition coefficient (Wildman–Crippen LogP) is 2.56. The fraction of sp³-hybridized carbons (Fsp3) is 0.278. The molecule has 6 nitrogen and oxygen atoms in total. The largest absolute Gasteiger partial charge is 0.478 e. The summed E-state index contributed by atoms with van der Waals surface area (Å²) in [5.74, 6) is -1.16. The van der Waals surface area contributed by atoms with Gasteiger partial charge >= 0.3 is 5.97 Å². The van der Waals surface area contributed by atoms with E-state index in [-0.39, 0.29) is 16.5 Å². The molecule has 0 unspecified atom stereocenters. The number of sulfonamides is 1. The van der Waals surface area contributed by atoms with Crippen LogP contribution in [0.15, 0.2) is 47.4 Å². The van der Waals surface area contributed by atoms with Gasteiger partial charge in [-0.2, -0.15) is 0 Å². The van der Waals surface area contributed by atoms with Crippen molar-refractivity contribution in [2.45, 2.75) is 23.8 Å². The number of carbonyl (C=O) groups is 1. The Kier molecular flexibility index (Phi) is 4.53. The number of aromatic carboxylic acids is 1. The van der Waals surface area contributed by atoms with Crippen LogP contribution in [0, 0.1) is 0 Å². The van der Waals surface area contributed by atoms with Crippen molar-refractivity contribution in [1.29, 1.82) is 0 Å². The molecule has 1 fully saturated rings. The van der Waals surface area contributed by atoms with E-state index in [9.17, 15) is 18.3 Å². The Hall–Kier alpha value is -2.38. The van der Waals surface area contributed by atoms with Crippen LogP contribution in [0.25, 0.3) is 11.1 Å². The minimum absolute atomic E-state index is 0.0222. The first-order valence-corrected chi connectivity index (χ1v) is 9.43. The lowest BCUT2D eigenvalue weighted by atomic mass is 10.0. The molecule has 2 aromatic rings. The van der Waals surface area contributed by atoms with Gasteiger partial charge in [-0.05, 0) is 54.3 Å². The van der Waals surface area contributed by atoms with Crippen LogP contribution in [0.5, 0.6) is 0 Å². The molecule has 0 aliphatic heterocycles. The molecule has 1 aliphatic rings. The van der Waals surface area contributed by atoms with E-state index in [2.05, 4.69) is 4.72 Å². The van der Waals surface area contributed by atoms with Crippen LogP contribution in [0.4, 0.5) is 5.69 Å². The molecule has 0 aromatic heterocycles. The number of rotatable bonds is 6. The smallest absolute Gasteiger partial charge is 0.335 e. The number of carboxylic acid groups (broad SMARTS) is 1. The number of nitrogens with one attached hydrogen (secondary N) is 1. The molecule has 0 atom stereocenters. The van der Waals surface area contributed by atoms with E-state index >= 15 is 0 Å². The summed E-state index contributed by atoms with van der Waals surface area (Å²) >= 11 is 0. The lowest BCUT2D eigenvalue weighted by Gasteiger charge is -2.14. The zero-order valence-electron chi connectivity index (χ0n) is 14.1. The van der Waals surface area contributed by atoms with Gasteiger partial charge in [-0.1, -0.05) is 12.1 Å². The molecule has 1 aliphatic carbocycles. The van der Waals surface area contributed by atoms with Gasteiger partial charge < -0.3 is 10.0 Å². The molecular formula is C18H20N2O4S. The third kappa shape index (κ3) is 4.00. The molecule has 25 heavy (non-hydrogen) atoms. The van der Waals surface area contributed by atoms with Crippen molar-refractivity contribution in [3.05, 3.63) is 48.0 Å². The van der Waals surface area contributed by atoms with Crippen molar-refractivity contribution in [3.8, 4) is 11.1 Å². The van der Waals surface area contributed by atoms with Gasteiger partial charge in [0, 0.05) is 25.8 Å². The Morgan fingerprint density at radius 3 is 2.24 bits per heavy atom. The highest BCUT2D eigenvalue weighted by Gasteiger charge is 2.28. The number of hydrogen-bond donors (Lipinski definition) is 2. The van der Waals surface area contributed by atoms with E-state index in [0.717, 1.165) is 24.1 Å². The maximum absolute atomic E-state index is 12.5. The summed E-state index contributed by atoms with van der Waals surface area (Å²) in [4.78, 5) is 13.3. The van der Waals surface area contributed by atoms with Gasteiger partial charge in [-0.3, -0.25) is 0 Å². The van der Waals surface area contributed by atoms with E-state index in [0.29, 0.717) is 5.56 Å². The molecule has 1 saturated carbocycles. The summed E-state index contributed by atoms with van der Waals surface area (Å²) in [6.07, 6.45) is 1.63. The third-order valence-electron chi connectivity index (χ3n) is 4.08. The highest BCUT2D eigenvalue weighted by atomic mass is 32.2. The standard InChI is InChI=1S/C18H20N2O4S/c1-20(2)16-7-3-12(4-8-16)13-9-14(18(21)22)11-17(10-13)25(23,24)19-15-5-6-15/h3-4,7-11,15,19H,5-6H2,1-2H3,(H,21,22). The minimum atomic E-state index is -3.73. The molecule has 0 bridgehead atoms. The zero-order valence-corrected chi connectivity index (χ0v) is 14.9. The molecule has 2 N–H and O–H groups in total. The molecule has 0 saturated heterocycles. The zero-order chi connectivity index (χ0) is 18.2. The number of hydrogen-bond acceptors (Lipinski definition) is 4. The number of nitrogens with zero attached hydrogens (tertiary/aromatic N) is 1. The number of anilines is 1.